The van der Waals surface area contributed by atoms with Crippen LogP contribution in [0.25, 0.3) is 0 Å². The summed E-state index contributed by atoms with van der Waals surface area (Å²) in [4.78, 5) is 0. The van der Waals surface area contributed by atoms with Crippen LogP contribution in [0.2, 0.25) is 0 Å². The second-order valence-electron chi connectivity index (χ2n) is 8.32. The smallest absolute Gasteiger partial charge is 0.162 e. The number of hydrogen-bond donors (Lipinski definition) is 0. The van der Waals surface area contributed by atoms with Gasteiger partial charge in [0.15, 0.2) is 11.6 Å². The van der Waals surface area contributed by atoms with E-state index < -0.39 is 11.6 Å². The fraction of sp³-hybridized carbons (Fsp3) is 0.680. The maximum absolute atomic E-state index is 14.7. The summed E-state index contributed by atoms with van der Waals surface area (Å²) in [5.74, 6) is -0.293. The lowest BCUT2D eigenvalue weighted by Gasteiger charge is -2.29. The van der Waals surface area contributed by atoms with Crippen LogP contribution in [0, 0.1) is 17.6 Å². The number of benzene rings is 1. The topological polar surface area (TPSA) is 9.23 Å². The SMILES string of the molecule is CCCCCC1CCC(c2ccc(CC=CCCCCOC)c(F)c2F)CC1. The summed E-state index contributed by atoms with van der Waals surface area (Å²) in [6, 6.07) is 3.62. The van der Waals surface area contributed by atoms with Gasteiger partial charge in [-0.05, 0) is 74.3 Å². The molecule has 2 rings (SSSR count). The number of methoxy groups -OCH3 is 1. The molecule has 1 aromatic carbocycles. The molecule has 1 aliphatic carbocycles. The highest BCUT2D eigenvalue weighted by Gasteiger charge is 2.25. The summed E-state index contributed by atoms with van der Waals surface area (Å²) in [5, 5.41) is 0. The summed E-state index contributed by atoms with van der Waals surface area (Å²) < 4.78 is 34.3. The van der Waals surface area contributed by atoms with Crippen molar-refractivity contribution in [1.29, 1.82) is 0 Å². The molecule has 1 aromatic rings. The van der Waals surface area contributed by atoms with Crippen molar-refractivity contribution in [1.82, 2.24) is 0 Å². The predicted molar refractivity (Wildman–Crippen MR) is 114 cm³/mol. The highest BCUT2D eigenvalue weighted by Crippen LogP contribution is 2.39. The molecule has 0 atom stereocenters. The Hall–Kier alpha value is -1.22. The van der Waals surface area contributed by atoms with E-state index >= 15 is 0 Å². The molecule has 1 fully saturated rings. The number of unbranched alkanes of at least 4 members (excludes halogenated alkanes) is 4. The Labute approximate surface area is 170 Å². The van der Waals surface area contributed by atoms with Gasteiger partial charge >= 0.3 is 0 Å². The number of rotatable bonds is 12. The summed E-state index contributed by atoms with van der Waals surface area (Å²) >= 11 is 0. The van der Waals surface area contributed by atoms with Crippen molar-refractivity contribution < 1.29 is 13.5 Å². The van der Waals surface area contributed by atoms with E-state index in [0.717, 1.165) is 57.5 Å². The standard InChI is InChI=1S/C25H38F2O/c1-3-4-8-11-20-13-15-21(16-14-20)23-18-17-22(24(26)25(23)27)12-9-6-5-7-10-19-28-2/h6,9,17-18,20-21H,3-5,7-8,10-16,19H2,1-2H3. The van der Waals surface area contributed by atoms with E-state index in [9.17, 15) is 8.78 Å². The number of allylic oxidation sites excluding steroid dienone is 2. The van der Waals surface area contributed by atoms with Crippen molar-refractivity contribution in [2.75, 3.05) is 13.7 Å². The molecule has 1 nitrogen and oxygen atoms in total. The van der Waals surface area contributed by atoms with E-state index in [0.29, 0.717) is 17.5 Å². The van der Waals surface area contributed by atoms with Crippen LogP contribution in [-0.2, 0) is 11.2 Å². The summed E-state index contributed by atoms with van der Waals surface area (Å²) in [7, 11) is 1.70. The van der Waals surface area contributed by atoms with Crippen LogP contribution in [0.4, 0.5) is 8.78 Å². The lowest BCUT2D eigenvalue weighted by Crippen LogP contribution is -2.15. The Bertz CT molecular complexity index is 588. The molecule has 1 saturated carbocycles. The summed E-state index contributed by atoms with van der Waals surface area (Å²) in [6.45, 7) is 3.01. The van der Waals surface area contributed by atoms with E-state index in [-0.39, 0.29) is 5.92 Å². The molecular formula is C25H38F2O. The first kappa shape index (κ1) is 23.1. The van der Waals surface area contributed by atoms with E-state index in [1.165, 1.54) is 25.7 Å². The Morgan fingerprint density at radius 1 is 0.964 bits per heavy atom. The molecule has 0 amide bonds. The second kappa shape index (κ2) is 13.1. The molecular weight excluding hydrogens is 354 g/mol. The van der Waals surface area contributed by atoms with Gasteiger partial charge in [0.05, 0.1) is 0 Å². The molecule has 0 heterocycles. The minimum Gasteiger partial charge on any atom is -0.385 e. The maximum Gasteiger partial charge on any atom is 0.162 e. The molecule has 0 unspecified atom stereocenters. The van der Waals surface area contributed by atoms with E-state index in [1.54, 1.807) is 13.2 Å². The van der Waals surface area contributed by atoms with Gasteiger partial charge in [-0.2, -0.15) is 0 Å². The molecule has 0 bridgehead atoms. The normalized spacial score (nSPS) is 20.1. The Balaban J connectivity index is 1.84. The molecule has 158 valence electrons. The first-order chi connectivity index (χ1) is 13.7. The van der Waals surface area contributed by atoms with Gasteiger partial charge in [-0.15, -0.1) is 0 Å². The fourth-order valence-corrected chi connectivity index (χ4v) is 4.36. The zero-order valence-electron chi connectivity index (χ0n) is 17.8. The van der Waals surface area contributed by atoms with Crippen LogP contribution < -0.4 is 0 Å². The van der Waals surface area contributed by atoms with Gasteiger partial charge in [-0.3, -0.25) is 0 Å². The zero-order valence-corrected chi connectivity index (χ0v) is 17.8. The molecule has 0 saturated heterocycles. The van der Waals surface area contributed by atoms with Gasteiger partial charge < -0.3 is 4.74 Å². The molecule has 0 spiro atoms. The summed E-state index contributed by atoms with van der Waals surface area (Å²) in [5.41, 5.74) is 1.06. The van der Waals surface area contributed by atoms with Gasteiger partial charge in [-0.1, -0.05) is 56.9 Å². The number of halogens is 2. The van der Waals surface area contributed by atoms with Crippen LogP contribution in [0.15, 0.2) is 24.3 Å². The lowest BCUT2D eigenvalue weighted by molar-refractivity contribution is 0.193. The third-order valence-electron chi connectivity index (χ3n) is 6.17. The molecule has 3 heteroatoms. The zero-order chi connectivity index (χ0) is 20.2. The molecule has 28 heavy (non-hydrogen) atoms. The Morgan fingerprint density at radius 2 is 1.75 bits per heavy atom. The van der Waals surface area contributed by atoms with Crippen molar-refractivity contribution in [2.45, 2.75) is 89.9 Å². The van der Waals surface area contributed by atoms with E-state index in [2.05, 4.69) is 13.0 Å². The maximum atomic E-state index is 14.7. The third kappa shape index (κ3) is 7.31. The molecule has 0 aliphatic heterocycles. The van der Waals surface area contributed by atoms with Crippen molar-refractivity contribution in [3.63, 3.8) is 0 Å². The minimum absolute atomic E-state index is 0.183. The van der Waals surface area contributed by atoms with Gasteiger partial charge in [0.25, 0.3) is 0 Å². The highest BCUT2D eigenvalue weighted by atomic mass is 19.2. The lowest BCUT2D eigenvalue weighted by atomic mass is 9.76. The molecule has 0 N–H and O–H groups in total. The van der Waals surface area contributed by atoms with Crippen LogP contribution in [0.1, 0.15) is 94.6 Å². The number of hydrogen-bond acceptors (Lipinski definition) is 1. The van der Waals surface area contributed by atoms with Crippen LogP contribution in [0.3, 0.4) is 0 Å². The Morgan fingerprint density at radius 3 is 2.46 bits per heavy atom. The number of ether oxygens (including phenoxy) is 1. The van der Waals surface area contributed by atoms with Crippen LogP contribution >= 0.6 is 0 Å². The van der Waals surface area contributed by atoms with Crippen LogP contribution in [-0.4, -0.2) is 13.7 Å². The van der Waals surface area contributed by atoms with Crippen molar-refractivity contribution in [3.05, 3.63) is 47.0 Å². The first-order valence-corrected chi connectivity index (χ1v) is 11.3. The van der Waals surface area contributed by atoms with Gasteiger partial charge in [0.2, 0.25) is 0 Å². The average molecular weight is 393 g/mol. The van der Waals surface area contributed by atoms with Crippen molar-refractivity contribution >= 4 is 0 Å². The van der Waals surface area contributed by atoms with Gasteiger partial charge in [0.1, 0.15) is 0 Å². The molecule has 0 aromatic heterocycles. The van der Waals surface area contributed by atoms with Crippen molar-refractivity contribution in [2.24, 2.45) is 5.92 Å². The Kier molecular flexibility index (Phi) is 10.8. The van der Waals surface area contributed by atoms with E-state index in [1.807, 2.05) is 12.1 Å². The fourth-order valence-electron chi connectivity index (χ4n) is 4.36. The highest BCUT2D eigenvalue weighted by molar-refractivity contribution is 5.30. The summed E-state index contributed by atoms with van der Waals surface area (Å²) in [6.07, 6.45) is 17.0. The van der Waals surface area contributed by atoms with Gasteiger partial charge in [-0.25, -0.2) is 8.78 Å². The molecule has 1 aliphatic rings. The average Bonchev–Trinajstić information content (AvgIpc) is 2.71. The molecule has 0 radical (unpaired) electrons. The largest absolute Gasteiger partial charge is 0.385 e. The monoisotopic (exact) mass is 392 g/mol. The minimum atomic E-state index is -0.647. The van der Waals surface area contributed by atoms with E-state index in [4.69, 9.17) is 4.74 Å². The predicted octanol–water partition coefficient (Wildman–Crippen LogP) is 7.73. The first-order valence-electron chi connectivity index (χ1n) is 11.3. The van der Waals surface area contributed by atoms with Crippen molar-refractivity contribution in [3.8, 4) is 0 Å². The second-order valence-corrected chi connectivity index (χ2v) is 8.32. The van der Waals surface area contributed by atoms with Gasteiger partial charge in [0, 0.05) is 13.7 Å². The third-order valence-corrected chi connectivity index (χ3v) is 6.17. The quantitative estimate of drug-likeness (QED) is 0.261. The van der Waals surface area contributed by atoms with Crippen LogP contribution in [0.5, 0.6) is 0 Å².